The average molecular weight is 149 g/mol. The molecule has 0 fully saturated rings. The van der Waals surface area contributed by atoms with Gasteiger partial charge in [-0.3, -0.25) is 9.78 Å². The molecule has 1 aromatic rings. The molecule has 0 bridgehead atoms. The third-order valence-corrected chi connectivity index (χ3v) is 1.42. The maximum atomic E-state index is 10.6. The molecule has 0 spiro atoms. The van der Waals surface area contributed by atoms with Crippen LogP contribution < -0.4 is 5.73 Å². The van der Waals surface area contributed by atoms with Crippen LogP contribution in [0.3, 0.4) is 0 Å². The van der Waals surface area contributed by atoms with E-state index in [2.05, 4.69) is 4.98 Å². The molecular formula is C8H9N2O. The molecule has 0 unspecified atom stereocenters. The van der Waals surface area contributed by atoms with Gasteiger partial charge in [0.25, 0.3) is 0 Å². The molecule has 2 N–H and O–H groups in total. The minimum atomic E-state index is -0.427. The second-order valence-corrected chi connectivity index (χ2v) is 2.20. The first kappa shape index (κ1) is 7.72. The SMILES string of the molecule is C[C](C(N)=O)c1ccccn1. The Labute approximate surface area is 65.2 Å². The van der Waals surface area contributed by atoms with E-state index in [1.807, 2.05) is 6.07 Å². The molecule has 0 aliphatic heterocycles. The number of nitrogens with zero attached hydrogens (tertiary/aromatic N) is 1. The van der Waals surface area contributed by atoms with Gasteiger partial charge in [-0.1, -0.05) is 6.07 Å². The lowest BCUT2D eigenvalue weighted by Gasteiger charge is -2.03. The number of carbonyl (C=O) groups excluding carboxylic acids is 1. The molecule has 0 saturated heterocycles. The summed E-state index contributed by atoms with van der Waals surface area (Å²) >= 11 is 0. The van der Waals surface area contributed by atoms with Crippen LogP contribution in [0.25, 0.3) is 0 Å². The van der Waals surface area contributed by atoms with Gasteiger partial charge in [-0.25, -0.2) is 0 Å². The topological polar surface area (TPSA) is 56.0 Å². The van der Waals surface area contributed by atoms with E-state index >= 15 is 0 Å². The molecule has 1 amide bonds. The van der Waals surface area contributed by atoms with Crippen LogP contribution in [0.15, 0.2) is 24.4 Å². The molecule has 0 aliphatic rings. The molecule has 0 atom stereocenters. The summed E-state index contributed by atoms with van der Waals surface area (Å²) < 4.78 is 0. The van der Waals surface area contributed by atoms with Gasteiger partial charge in [-0.15, -0.1) is 0 Å². The summed E-state index contributed by atoms with van der Waals surface area (Å²) in [4.78, 5) is 14.6. The van der Waals surface area contributed by atoms with Crippen LogP contribution in [0.2, 0.25) is 0 Å². The van der Waals surface area contributed by atoms with Gasteiger partial charge in [0.15, 0.2) is 0 Å². The van der Waals surface area contributed by atoms with E-state index in [-0.39, 0.29) is 0 Å². The maximum Gasteiger partial charge on any atom is 0.230 e. The van der Waals surface area contributed by atoms with Crippen molar-refractivity contribution in [3.8, 4) is 0 Å². The Balaban J connectivity index is 2.85. The number of aromatic nitrogens is 1. The zero-order valence-corrected chi connectivity index (χ0v) is 6.24. The number of hydrogen-bond donors (Lipinski definition) is 1. The summed E-state index contributed by atoms with van der Waals surface area (Å²) in [6.07, 6.45) is 1.63. The highest BCUT2D eigenvalue weighted by Gasteiger charge is 2.12. The molecule has 1 radical (unpaired) electrons. The van der Waals surface area contributed by atoms with E-state index < -0.39 is 5.91 Å². The highest BCUT2D eigenvalue weighted by atomic mass is 16.1. The fourth-order valence-electron chi connectivity index (χ4n) is 0.711. The zero-order valence-electron chi connectivity index (χ0n) is 6.24. The second-order valence-electron chi connectivity index (χ2n) is 2.20. The Morgan fingerprint density at radius 2 is 2.27 bits per heavy atom. The molecule has 57 valence electrons. The van der Waals surface area contributed by atoms with Crippen LogP contribution in [0, 0.1) is 5.92 Å². The molecule has 0 aliphatic carbocycles. The van der Waals surface area contributed by atoms with E-state index in [0.29, 0.717) is 11.6 Å². The lowest BCUT2D eigenvalue weighted by atomic mass is 10.1. The maximum absolute atomic E-state index is 10.6. The number of nitrogens with two attached hydrogens (primary N) is 1. The van der Waals surface area contributed by atoms with E-state index in [9.17, 15) is 4.79 Å². The van der Waals surface area contributed by atoms with Crippen molar-refractivity contribution >= 4 is 5.91 Å². The van der Waals surface area contributed by atoms with Crippen molar-refractivity contribution in [1.82, 2.24) is 4.98 Å². The van der Waals surface area contributed by atoms with Crippen LogP contribution in [0.1, 0.15) is 12.6 Å². The van der Waals surface area contributed by atoms with E-state index in [0.717, 1.165) is 0 Å². The summed E-state index contributed by atoms with van der Waals surface area (Å²) in [5.41, 5.74) is 5.69. The lowest BCUT2D eigenvalue weighted by molar-refractivity contribution is -0.115. The predicted octanol–water partition coefficient (Wildman–Crippen LogP) is 0.509. The number of pyridine rings is 1. The molecule has 1 aromatic heterocycles. The van der Waals surface area contributed by atoms with Gasteiger partial charge < -0.3 is 5.73 Å². The molecule has 11 heavy (non-hydrogen) atoms. The van der Waals surface area contributed by atoms with Crippen LogP contribution in [0.5, 0.6) is 0 Å². The first-order valence-electron chi connectivity index (χ1n) is 3.26. The third kappa shape index (κ3) is 1.77. The fraction of sp³-hybridized carbons (Fsp3) is 0.125. The van der Waals surface area contributed by atoms with Gasteiger partial charge in [0, 0.05) is 6.20 Å². The highest BCUT2D eigenvalue weighted by Crippen LogP contribution is 2.08. The zero-order chi connectivity index (χ0) is 8.27. The average Bonchev–Trinajstić information content (AvgIpc) is 2.05. The van der Waals surface area contributed by atoms with Gasteiger partial charge in [0.05, 0.1) is 5.69 Å². The summed E-state index contributed by atoms with van der Waals surface area (Å²) in [6.45, 7) is 1.66. The van der Waals surface area contributed by atoms with E-state index in [1.54, 1.807) is 25.3 Å². The molecule has 1 rings (SSSR count). The van der Waals surface area contributed by atoms with Gasteiger partial charge in [-0.05, 0) is 19.1 Å². The van der Waals surface area contributed by atoms with Crippen molar-refractivity contribution in [2.24, 2.45) is 5.73 Å². The molecule has 0 aromatic carbocycles. The van der Waals surface area contributed by atoms with Crippen molar-refractivity contribution in [2.75, 3.05) is 0 Å². The summed E-state index contributed by atoms with van der Waals surface area (Å²) in [5, 5.41) is 0. The van der Waals surface area contributed by atoms with Crippen LogP contribution in [0.4, 0.5) is 0 Å². The molecular weight excluding hydrogens is 140 g/mol. The Hall–Kier alpha value is -1.38. The standard InChI is InChI=1S/C8H9N2O/c1-6(8(9)11)7-4-2-3-5-10-7/h2-5H,1H3,(H2,9,11). The van der Waals surface area contributed by atoms with Crippen LogP contribution >= 0.6 is 0 Å². The Kier molecular flexibility index (Phi) is 2.21. The minimum Gasteiger partial charge on any atom is -0.369 e. The van der Waals surface area contributed by atoms with Crippen LogP contribution in [-0.4, -0.2) is 10.9 Å². The smallest absolute Gasteiger partial charge is 0.230 e. The summed E-state index contributed by atoms with van der Waals surface area (Å²) in [5.74, 6) is 0.0642. The monoisotopic (exact) mass is 149 g/mol. The first-order valence-corrected chi connectivity index (χ1v) is 3.26. The third-order valence-electron chi connectivity index (χ3n) is 1.42. The van der Waals surface area contributed by atoms with Crippen molar-refractivity contribution in [2.45, 2.75) is 6.92 Å². The van der Waals surface area contributed by atoms with Gasteiger partial charge >= 0.3 is 0 Å². The van der Waals surface area contributed by atoms with Crippen molar-refractivity contribution in [1.29, 1.82) is 0 Å². The highest BCUT2D eigenvalue weighted by molar-refractivity contribution is 5.91. The molecule has 1 heterocycles. The lowest BCUT2D eigenvalue weighted by Crippen LogP contribution is -2.20. The van der Waals surface area contributed by atoms with Crippen LogP contribution in [-0.2, 0) is 4.79 Å². The van der Waals surface area contributed by atoms with Gasteiger partial charge in [-0.2, -0.15) is 0 Å². The predicted molar refractivity (Wildman–Crippen MR) is 41.5 cm³/mol. The van der Waals surface area contributed by atoms with Crippen molar-refractivity contribution in [3.63, 3.8) is 0 Å². The largest absolute Gasteiger partial charge is 0.369 e. The van der Waals surface area contributed by atoms with Gasteiger partial charge in [0.2, 0.25) is 5.91 Å². The number of hydrogen-bond acceptors (Lipinski definition) is 2. The number of primary amides is 1. The first-order chi connectivity index (χ1) is 5.22. The number of carbonyl (C=O) groups is 1. The van der Waals surface area contributed by atoms with E-state index in [1.165, 1.54) is 0 Å². The second kappa shape index (κ2) is 3.14. The Bertz CT molecular complexity index is 246. The Morgan fingerprint density at radius 1 is 1.55 bits per heavy atom. The summed E-state index contributed by atoms with van der Waals surface area (Å²) in [7, 11) is 0. The van der Waals surface area contributed by atoms with Crippen molar-refractivity contribution in [3.05, 3.63) is 36.0 Å². The number of amides is 1. The number of rotatable bonds is 2. The quantitative estimate of drug-likeness (QED) is 0.666. The molecule has 0 saturated carbocycles. The fourth-order valence-corrected chi connectivity index (χ4v) is 0.711. The minimum absolute atomic E-state index is 0.427. The van der Waals surface area contributed by atoms with Crippen molar-refractivity contribution < 1.29 is 4.79 Å². The summed E-state index contributed by atoms with van der Waals surface area (Å²) in [6, 6.07) is 5.35. The Morgan fingerprint density at radius 3 is 2.73 bits per heavy atom. The molecule has 3 nitrogen and oxygen atoms in total. The normalized spacial score (nSPS) is 10.0. The van der Waals surface area contributed by atoms with E-state index in [4.69, 9.17) is 5.73 Å². The molecule has 3 heteroatoms. The van der Waals surface area contributed by atoms with Gasteiger partial charge in [0.1, 0.15) is 5.92 Å².